The summed E-state index contributed by atoms with van der Waals surface area (Å²) in [6.07, 6.45) is 5.36. The minimum atomic E-state index is -1.01. The zero-order chi connectivity index (χ0) is 21.1. The van der Waals surface area contributed by atoms with E-state index in [0.29, 0.717) is 29.6 Å². The van der Waals surface area contributed by atoms with E-state index in [1.54, 1.807) is 12.3 Å². The molecular weight excluding hydrogens is 400 g/mol. The number of ether oxygens (including phenoxy) is 2. The highest BCUT2D eigenvalue weighted by molar-refractivity contribution is 7.13. The summed E-state index contributed by atoms with van der Waals surface area (Å²) < 4.78 is 38.0. The molecule has 0 aliphatic heterocycles. The summed E-state index contributed by atoms with van der Waals surface area (Å²) in [6.45, 7) is 4.48. The summed E-state index contributed by atoms with van der Waals surface area (Å²) >= 11 is 1.27. The van der Waals surface area contributed by atoms with Gasteiger partial charge in [0.2, 0.25) is 10.9 Å². The van der Waals surface area contributed by atoms with Crippen LogP contribution in [0.15, 0.2) is 22.6 Å². The maximum atomic E-state index is 13.9. The van der Waals surface area contributed by atoms with Crippen LogP contribution in [0.2, 0.25) is 0 Å². The zero-order valence-corrected chi connectivity index (χ0v) is 17.4. The summed E-state index contributed by atoms with van der Waals surface area (Å²) in [5.74, 6) is -2.48. The first kappa shape index (κ1) is 22.7. The molecule has 1 aromatic carbocycles. The van der Waals surface area contributed by atoms with Gasteiger partial charge in [-0.05, 0) is 25.5 Å². The first-order valence-electron chi connectivity index (χ1n) is 9.54. The monoisotopic (exact) mass is 425 g/mol. The van der Waals surface area contributed by atoms with Crippen molar-refractivity contribution in [3.8, 4) is 5.75 Å². The number of unbranched alkanes of at least 4 members (excludes halogenated alkanes) is 3. The fraction of sp³-hybridized carbons (Fsp3) is 0.450. The molecule has 1 N–H and O–H groups in total. The van der Waals surface area contributed by atoms with E-state index in [2.05, 4.69) is 22.4 Å². The van der Waals surface area contributed by atoms with Gasteiger partial charge in [0.25, 0.3) is 0 Å². The van der Waals surface area contributed by atoms with Crippen LogP contribution in [-0.4, -0.2) is 30.4 Å². The fourth-order valence-electron chi connectivity index (χ4n) is 2.44. The average molecular weight is 426 g/mol. The Labute approximate surface area is 172 Å². The van der Waals surface area contributed by atoms with Crippen LogP contribution in [0.5, 0.6) is 5.75 Å². The fourth-order valence-corrected chi connectivity index (χ4v) is 3.09. The number of esters is 1. The van der Waals surface area contributed by atoms with Crippen molar-refractivity contribution in [2.45, 2.75) is 46.0 Å². The van der Waals surface area contributed by atoms with E-state index in [4.69, 9.17) is 9.47 Å². The van der Waals surface area contributed by atoms with Gasteiger partial charge >= 0.3 is 5.97 Å². The molecule has 1 heterocycles. The van der Waals surface area contributed by atoms with Crippen LogP contribution in [0.25, 0.3) is 0 Å². The summed E-state index contributed by atoms with van der Waals surface area (Å²) in [6, 6.07) is 2.44. The number of nitrogens with zero attached hydrogens (tertiary/aromatic N) is 2. The van der Waals surface area contributed by atoms with E-state index < -0.39 is 11.6 Å². The van der Waals surface area contributed by atoms with E-state index in [1.807, 2.05) is 0 Å². The van der Waals surface area contributed by atoms with Crippen LogP contribution >= 0.6 is 11.3 Å². The second-order valence-electron chi connectivity index (χ2n) is 6.22. The molecule has 6 nitrogen and oxygen atoms in total. The van der Waals surface area contributed by atoms with Gasteiger partial charge in [-0.3, -0.25) is 10.2 Å². The molecule has 1 aromatic heterocycles. The van der Waals surface area contributed by atoms with Gasteiger partial charge in [-0.2, -0.15) is 9.49 Å². The normalized spacial score (nSPS) is 11.0. The molecule has 2 rings (SSSR count). The number of carbonyl (C=O) groups excluding carboxylic acids is 1. The van der Waals surface area contributed by atoms with Gasteiger partial charge in [-0.15, -0.1) is 11.3 Å². The molecule has 2 aromatic rings. The summed E-state index contributed by atoms with van der Waals surface area (Å²) in [4.78, 5) is 15.7. The molecular formula is C20H25F2N3O3S. The lowest BCUT2D eigenvalue weighted by Crippen LogP contribution is -2.07. The van der Waals surface area contributed by atoms with Crippen molar-refractivity contribution in [2.75, 3.05) is 18.6 Å². The zero-order valence-electron chi connectivity index (χ0n) is 16.5. The quantitative estimate of drug-likeness (QED) is 0.226. The van der Waals surface area contributed by atoms with Gasteiger partial charge < -0.3 is 9.47 Å². The summed E-state index contributed by atoms with van der Waals surface area (Å²) in [5.41, 5.74) is 3.62. The van der Waals surface area contributed by atoms with Crippen molar-refractivity contribution in [3.05, 3.63) is 40.4 Å². The Kier molecular flexibility index (Phi) is 9.49. The van der Waals surface area contributed by atoms with E-state index in [1.165, 1.54) is 23.6 Å². The van der Waals surface area contributed by atoms with Gasteiger partial charge in [0.15, 0.2) is 11.6 Å². The minimum absolute atomic E-state index is 0.0812. The first-order valence-corrected chi connectivity index (χ1v) is 10.4. The lowest BCUT2D eigenvalue weighted by Gasteiger charge is -2.08. The highest BCUT2D eigenvalue weighted by Gasteiger charge is 2.12. The summed E-state index contributed by atoms with van der Waals surface area (Å²) in [7, 11) is 0. The standard InChI is InChI=1S/C20H25F2N3O3S/c1-3-5-6-7-8-28-17-10-14(9-16(21)19(17)22)12-23-25-20-24-15(13-29-20)11-18(26)27-4-2/h9-10,12-13H,3-8,11H2,1-2H3,(H,24,25). The molecule has 0 spiro atoms. The van der Waals surface area contributed by atoms with Crippen LogP contribution in [0.3, 0.4) is 0 Å². The van der Waals surface area contributed by atoms with E-state index >= 15 is 0 Å². The topological polar surface area (TPSA) is 72.8 Å². The number of benzene rings is 1. The maximum Gasteiger partial charge on any atom is 0.311 e. The first-order chi connectivity index (χ1) is 14.0. The number of halogens is 2. The Balaban J connectivity index is 1.92. The molecule has 0 aliphatic carbocycles. The number of hydrazone groups is 1. The highest BCUT2D eigenvalue weighted by atomic mass is 32.1. The number of aromatic nitrogens is 1. The third-order valence-corrected chi connectivity index (χ3v) is 4.62. The Bertz CT molecular complexity index is 827. The SMILES string of the molecule is CCCCCCOc1cc(C=NNc2nc(CC(=O)OCC)cs2)cc(F)c1F. The van der Waals surface area contributed by atoms with Crippen LogP contribution in [0.4, 0.5) is 13.9 Å². The number of thiazole rings is 1. The molecule has 0 amide bonds. The highest BCUT2D eigenvalue weighted by Crippen LogP contribution is 2.22. The molecule has 0 unspecified atom stereocenters. The number of rotatable bonds is 12. The predicted molar refractivity (Wildman–Crippen MR) is 110 cm³/mol. The Morgan fingerprint density at radius 1 is 1.28 bits per heavy atom. The lowest BCUT2D eigenvalue weighted by atomic mass is 10.2. The van der Waals surface area contributed by atoms with Crippen molar-refractivity contribution >= 4 is 28.7 Å². The van der Waals surface area contributed by atoms with Gasteiger partial charge in [0.1, 0.15) is 0 Å². The average Bonchev–Trinajstić information content (AvgIpc) is 3.12. The Morgan fingerprint density at radius 2 is 2.10 bits per heavy atom. The van der Waals surface area contributed by atoms with Crippen molar-refractivity contribution in [1.82, 2.24) is 4.98 Å². The smallest absolute Gasteiger partial charge is 0.311 e. The summed E-state index contributed by atoms with van der Waals surface area (Å²) in [5, 5.41) is 6.17. The maximum absolute atomic E-state index is 13.9. The van der Waals surface area contributed by atoms with Gasteiger partial charge in [-0.1, -0.05) is 26.2 Å². The molecule has 0 atom stereocenters. The number of hydrogen-bond acceptors (Lipinski definition) is 7. The minimum Gasteiger partial charge on any atom is -0.490 e. The molecule has 0 fully saturated rings. The van der Waals surface area contributed by atoms with Crippen LogP contribution < -0.4 is 10.2 Å². The number of anilines is 1. The lowest BCUT2D eigenvalue weighted by molar-refractivity contribution is -0.142. The van der Waals surface area contributed by atoms with Crippen molar-refractivity contribution in [3.63, 3.8) is 0 Å². The Morgan fingerprint density at radius 3 is 2.86 bits per heavy atom. The van der Waals surface area contributed by atoms with E-state index in [-0.39, 0.29) is 18.1 Å². The Hall–Kier alpha value is -2.55. The third kappa shape index (κ3) is 7.77. The molecule has 158 valence electrons. The van der Waals surface area contributed by atoms with E-state index in [0.717, 1.165) is 31.7 Å². The molecule has 0 saturated heterocycles. The molecule has 0 aliphatic rings. The number of nitrogens with one attached hydrogen (secondary N) is 1. The van der Waals surface area contributed by atoms with Gasteiger partial charge in [-0.25, -0.2) is 9.37 Å². The number of carbonyl (C=O) groups is 1. The van der Waals surface area contributed by atoms with Crippen molar-refractivity contribution in [2.24, 2.45) is 5.10 Å². The number of hydrogen-bond donors (Lipinski definition) is 1. The van der Waals surface area contributed by atoms with Crippen LogP contribution in [0.1, 0.15) is 50.8 Å². The third-order valence-electron chi connectivity index (χ3n) is 3.83. The van der Waals surface area contributed by atoms with Crippen molar-refractivity contribution < 1.29 is 23.0 Å². The second-order valence-corrected chi connectivity index (χ2v) is 7.08. The van der Waals surface area contributed by atoms with Crippen LogP contribution in [-0.2, 0) is 16.0 Å². The second kappa shape index (κ2) is 12.1. The molecule has 9 heteroatoms. The van der Waals surface area contributed by atoms with E-state index in [9.17, 15) is 13.6 Å². The molecule has 0 radical (unpaired) electrons. The van der Waals surface area contributed by atoms with Gasteiger partial charge in [0.05, 0.1) is 31.5 Å². The van der Waals surface area contributed by atoms with Gasteiger partial charge in [0, 0.05) is 10.9 Å². The molecule has 0 saturated carbocycles. The van der Waals surface area contributed by atoms with Crippen LogP contribution in [0, 0.1) is 11.6 Å². The molecule has 0 bridgehead atoms. The van der Waals surface area contributed by atoms with Crippen molar-refractivity contribution in [1.29, 1.82) is 0 Å². The largest absolute Gasteiger partial charge is 0.490 e. The predicted octanol–water partition coefficient (Wildman–Crippen LogP) is 4.93. The molecule has 29 heavy (non-hydrogen) atoms.